The van der Waals surface area contributed by atoms with Gasteiger partial charge in [0.1, 0.15) is 11.6 Å². The van der Waals surface area contributed by atoms with Gasteiger partial charge in [-0.2, -0.15) is 11.3 Å². The molecule has 0 aliphatic rings. The standard InChI is InChI=1S/C19H18N2OS/c1-2-15-10-17(16-4-3-5-18(22)11-16)12-21-19(15)20-8-6-14-7-9-23-13-14/h3-13,22H,2H2,1H3,(H,20,21)/b8-6+. The Morgan fingerprint density at radius 3 is 2.87 bits per heavy atom. The van der Waals surface area contributed by atoms with E-state index in [1.807, 2.05) is 30.6 Å². The first-order chi connectivity index (χ1) is 11.3. The number of benzene rings is 1. The average Bonchev–Trinajstić information content (AvgIpc) is 3.08. The number of rotatable bonds is 5. The average molecular weight is 322 g/mol. The molecule has 0 spiro atoms. The Hall–Kier alpha value is -2.59. The Labute approximate surface area is 140 Å². The molecule has 0 saturated heterocycles. The summed E-state index contributed by atoms with van der Waals surface area (Å²) < 4.78 is 0. The summed E-state index contributed by atoms with van der Waals surface area (Å²) in [5, 5.41) is 17.0. The summed E-state index contributed by atoms with van der Waals surface area (Å²) in [5.41, 5.74) is 4.29. The van der Waals surface area contributed by atoms with Gasteiger partial charge in [-0.25, -0.2) is 4.98 Å². The van der Waals surface area contributed by atoms with E-state index in [0.717, 1.165) is 28.9 Å². The normalized spacial score (nSPS) is 11.0. The second-order valence-corrected chi connectivity index (χ2v) is 5.95. The van der Waals surface area contributed by atoms with Crippen LogP contribution >= 0.6 is 11.3 Å². The lowest BCUT2D eigenvalue weighted by molar-refractivity contribution is 0.475. The highest BCUT2D eigenvalue weighted by atomic mass is 32.1. The molecule has 0 radical (unpaired) electrons. The van der Waals surface area contributed by atoms with Crippen molar-refractivity contribution in [3.63, 3.8) is 0 Å². The van der Waals surface area contributed by atoms with E-state index in [1.165, 1.54) is 5.56 Å². The van der Waals surface area contributed by atoms with Gasteiger partial charge < -0.3 is 10.4 Å². The molecule has 0 atom stereocenters. The SMILES string of the molecule is CCc1cc(-c2cccc(O)c2)cnc1N/C=C/c1ccsc1. The third-order valence-corrected chi connectivity index (χ3v) is 4.27. The number of phenolic OH excluding ortho intramolecular Hbond substituents is 1. The molecule has 0 aliphatic heterocycles. The molecule has 3 rings (SSSR count). The fourth-order valence-electron chi connectivity index (χ4n) is 2.34. The topological polar surface area (TPSA) is 45.2 Å². The van der Waals surface area contributed by atoms with Crippen molar-refractivity contribution in [1.82, 2.24) is 4.98 Å². The molecule has 0 fully saturated rings. The second-order valence-electron chi connectivity index (χ2n) is 5.17. The van der Waals surface area contributed by atoms with Gasteiger partial charge in [-0.05, 0) is 64.2 Å². The quantitative estimate of drug-likeness (QED) is 0.682. The maximum atomic E-state index is 9.62. The van der Waals surface area contributed by atoms with Crippen LogP contribution < -0.4 is 5.32 Å². The van der Waals surface area contributed by atoms with E-state index >= 15 is 0 Å². The molecular formula is C19H18N2OS. The number of nitrogens with zero attached hydrogens (tertiary/aromatic N) is 1. The first kappa shape index (κ1) is 15.3. The highest BCUT2D eigenvalue weighted by molar-refractivity contribution is 7.08. The van der Waals surface area contributed by atoms with E-state index in [4.69, 9.17) is 0 Å². The van der Waals surface area contributed by atoms with Gasteiger partial charge in [0.15, 0.2) is 0 Å². The molecule has 3 nitrogen and oxygen atoms in total. The highest BCUT2D eigenvalue weighted by Gasteiger charge is 2.05. The number of hydrogen-bond acceptors (Lipinski definition) is 4. The van der Waals surface area contributed by atoms with E-state index in [9.17, 15) is 5.11 Å². The third-order valence-electron chi connectivity index (χ3n) is 3.57. The Bertz CT molecular complexity index is 810. The number of aromatic hydroxyl groups is 1. The smallest absolute Gasteiger partial charge is 0.133 e. The first-order valence-electron chi connectivity index (χ1n) is 7.50. The Morgan fingerprint density at radius 2 is 2.13 bits per heavy atom. The summed E-state index contributed by atoms with van der Waals surface area (Å²) in [6, 6.07) is 11.4. The number of hydrogen-bond donors (Lipinski definition) is 2. The number of phenols is 1. The Balaban J connectivity index is 1.82. The maximum absolute atomic E-state index is 9.62. The summed E-state index contributed by atoms with van der Waals surface area (Å²) in [6.45, 7) is 2.11. The van der Waals surface area contributed by atoms with Gasteiger partial charge in [0, 0.05) is 18.0 Å². The summed E-state index contributed by atoms with van der Waals surface area (Å²) in [7, 11) is 0. The van der Waals surface area contributed by atoms with Crippen LogP contribution in [0.1, 0.15) is 18.1 Å². The molecule has 0 unspecified atom stereocenters. The summed E-state index contributed by atoms with van der Waals surface area (Å²) in [6.07, 6.45) is 6.65. The zero-order valence-electron chi connectivity index (χ0n) is 12.9. The number of nitrogens with one attached hydrogen (secondary N) is 1. The minimum atomic E-state index is 0.265. The number of anilines is 1. The minimum Gasteiger partial charge on any atom is -0.508 e. The molecule has 116 valence electrons. The summed E-state index contributed by atoms with van der Waals surface area (Å²) in [4.78, 5) is 4.53. The van der Waals surface area contributed by atoms with Crippen LogP contribution in [0.5, 0.6) is 5.75 Å². The first-order valence-corrected chi connectivity index (χ1v) is 8.44. The van der Waals surface area contributed by atoms with Gasteiger partial charge in [0.05, 0.1) is 0 Å². The van der Waals surface area contributed by atoms with Gasteiger partial charge in [-0.15, -0.1) is 0 Å². The molecule has 3 aromatic rings. The fourth-order valence-corrected chi connectivity index (χ4v) is 2.97. The van der Waals surface area contributed by atoms with Crippen LogP contribution in [0, 0.1) is 0 Å². The molecule has 4 heteroatoms. The van der Waals surface area contributed by atoms with Gasteiger partial charge >= 0.3 is 0 Å². The predicted octanol–water partition coefficient (Wildman–Crippen LogP) is 5.16. The zero-order valence-corrected chi connectivity index (χ0v) is 13.7. The van der Waals surface area contributed by atoms with Crippen molar-refractivity contribution in [2.75, 3.05) is 5.32 Å². The van der Waals surface area contributed by atoms with Crippen LogP contribution in [-0.2, 0) is 6.42 Å². The molecule has 0 aliphatic carbocycles. The lowest BCUT2D eigenvalue weighted by Crippen LogP contribution is -1.97. The van der Waals surface area contributed by atoms with Crippen LogP contribution in [0.25, 0.3) is 17.2 Å². The van der Waals surface area contributed by atoms with E-state index < -0.39 is 0 Å². The minimum absolute atomic E-state index is 0.265. The number of thiophene rings is 1. The second kappa shape index (κ2) is 7.11. The van der Waals surface area contributed by atoms with Crippen LogP contribution in [0.3, 0.4) is 0 Å². The van der Waals surface area contributed by atoms with E-state index in [1.54, 1.807) is 23.5 Å². The van der Waals surface area contributed by atoms with Crippen LogP contribution in [0.2, 0.25) is 0 Å². The molecule has 2 aromatic heterocycles. The molecule has 0 saturated carbocycles. The van der Waals surface area contributed by atoms with Crippen molar-refractivity contribution < 1.29 is 5.11 Å². The Morgan fingerprint density at radius 1 is 1.22 bits per heavy atom. The Kier molecular flexibility index (Phi) is 4.74. The molecular weight excluding hydrogens is 304 g/mol. The molecule has 2 heterocycles. The van der Waals surface area contributed by atoms with E-state index in [2.05, 4.69) is 40.1 Å². The van der Waals surface area contributed by atoms with Gasteiger partial charge in [0.2, 0.25) is 0 Å². The van der Waals surface area contributed by atoms with Crippen LogP contribution in [0.4, 0.5) is 5.82 Å². The maximum Gasteiger partial charge on any atom is 0.133 e. The van der Waals surface area contributed by atoms with E-state index in [0.29, 0.717) is 0 Å². The summed E-state index contributed by atoms with van der Waals surface area (Å²) in [5.74, 6) is 1.13. The molecule has 0 bridgehead atoms. The molecule has 1 aromatic carbocycles. The number of aromatic nitrogens is 1. The number of aryl methyl sites for hydroxylation is 1. The van der Waals surface area contributed by atoms with E-state index in [-0.39, 0.29) is 5.75 Å². The van der Waals surface area contributed by atoms with Gasteiger partial charge in [-0.1, -0.05) is 19.1 Å². The largest absolute Gasteiger partial charge is 0.508 e. The third kappa shape index (κ3) is 3.79. The zero-order chi connectivity index (χ0) is 16.1. The van der Waals surface area contributed by atoms with Crippen LogP contribution in [-0.4, -0.2) is 10.1 Å². The fraction of sp³-hybridized carbons (Fsp3) is 0.105. The summed E-state index contributed by atoms with van der Waals surface area (Å²) >= 11 is 1.68. The number of pyridine rings is 1. The molecule has 0 amide bonds. The van der Waals surface area contributed by atoms with Crippen molar-refractivity contribution in [2.45, 2.75) is 13.3 Å². The molecule has 23 heavy (non-hydrogen) atoms. The molecule has 2 N–H and O–H groups in total. The monoisotopic (exact) mass is 322 g/mol. The van der Waals surface area contributed by atoms with Crippen molar-refractivity contribution in [2.24, 2.45) is 0 Å². The lowest BCUT2D eigenvalue weighted by Gasteiger charge is -2.09. The van der Waals surface area contributed by atoms with Gasteiger partial charge in [0.25, 0.3) is 0 Å². The van der Waals surface area contributed by atoms with Crippen LogP contribution in [0.15, 0.2) is 59.6 Å². The van der Waals surface area contributed by atoms with Crippen molar-refractivity contribution in [3.8, 4) is 16.9 Å². The van der Waals surface area contributed by atoms with Gasteiger partial charge in [-0.3, -0.25) is 0 Å². The highest BCUT2D eigenvalue weighted by Crippen LogP contribution is 2.26. The van der Waals surface area contributed by atoms with Crippen molar-refractivity contribution in [1.29, 1.82) is 0 Å². The lowest BCUT2D eigenvalue weighted by atomic mass is 10.0. The predicted molar refractivity (Wildman–Crippen MR) is 97.7 cm³/mol. The van der Waals surface area contributed by atoms with Crippen molar-refractivity contribution >= 4 is 23.2 Å². The van der Waals surface area contributed by atoms with Crippen molar-refractivity contribution in [3.05, 3.63) is 70.7 Å².